The van der Waals surface area contributed by atoms with Gasteiger partial charge >= 0.3 is 0 Å². The lowest BCUT2D eigenvalue weighted by Crippen LogP contribution is -2.33. The lowest BCUT2D eigenvalue weighted by Gasteiger charge is -2.21. The average Bonchev–Trinajstić information content (AvgIpc) is 3.27. The molecule has 32 heavy (non-hydrogen) atoms. The Balaban J connectivity index is 1.55. The molecule has 2 aromatic carbocycles. The van der Waals surface area contributed by atoms with Crippen LogP contribution in [-0.4, -0.2) is 60.4 Å². The number of carbonyl (C=O) groups is 1. The van der Waals surface area contributed by atoms with Crippen LogP contribution in [0.2, 0.25) is 0 Å². The van der Waals surface area contributed by atoms with Crippen molar-refractivity contribution in [3.63, 3.8) is 0 Å². The van der Waals surface area contributed by atoms with Crippen LogP contribution < -0.4 is 0 Å². The number of aromatic amines is 1. The zero-order valence-electron chi connectivity index (χ0n) is 18.9. The van der Waals surface area contributed by atoms with Crippen molar-refractivity contribution in [2.24, 2.45) is 0 Å². The average molecular weight is 455 g/mol. The van der Waals surface area contributed by atoms with Crippen molar-refractivity contribution < 1.29 is 13.2 Å². The summed E-state index contributed by atoms with van der Waals surface area (Å²) in [6.45, 7) is 4.21. The first kappa shape index (κ1) is 23.7. The van der Waals surface area contributed by atoms with Crippen LogP contribution in [0.25, 0.3) is 11.3 Å². The quantitative estimate of drug-likeness (QED) is 0.533. The first-order valence-electron chi connectivity index (χ1n) is 10.6. The molecule has 0 saturated carbocycles. The number of amides is 1. The number of sulfonamides is 1. The van der Waals surface area contributed by atoms with Gasteiger partial charge in [-0.15, -0.1) is 0 Å². The van der Waals surface area contributed by atoms with Crippen LogP contribution in [0.4, 0.5) is 0 Å². The maximum Gasteiger partial charge on any atom is 0.253 e. The van der Waals surface area contributed by atoms with Gasteiger partial charge in [0.2, 0.25) is 10.0 Å². The smallest absolute Gasteiger partial charge is 0.253 e. The van der Waals surface area contributed by atoms with Gasteiger partial charge in [0.05, 0.1) is 10.6 Å². The third kappa shape index (κ3) is 5.44. The van der Waals surface area contributed by atoms with Gasteiger partial charge in [-0.25, -0.2) is 8.42 Å². The number of aryl methyl sites for hydroxylation is 1. The fraction of sp³-hybridized carbons (Fsp3) is 0.333. The van der Waals surface area contributed by atoms with Gasteiger partial charge in [-0.2, -0.15) is 9.40 Å². The SMILES string of the molecule is CC(C)N(C)S(=O)(=O)c1ccc(C(=O)N(C)CCCc2cc(-c3ccccc3)n[nH]2)cc1. The number of nitrogens with zero attached hydrogens (tertiary/aromatic N) is 3. The fourth-order valence-corrected chi connectivity index (χ4v) is 4.66. The summed E-state index contributed by atoms with van der Waals surface area (Å²) in [5, 5.41) is 7.42. The van der Waals surface area contributed by atoms with Gasteiger partial charge in [0.25, 0.3) is 5.91 Å². The summed E-state index contributed by atoms with van der Waals surface area (Å²) in [7, 11) is -0.262. The van der Waals surface area contributed by atoms with E-state index < -0.39 is 10.0 Å². The minimum absolute atomic E-state index is 0.138. The summed E-state index contributed by atoms with van der Waals surface area (Å²) in [5.41, 5.74) is 3.45. The Morgan fingerprint density at radius 2 is 1.69 bits per heavy atom. The molecule has 0 unspecified atom stereocenters. The molecule has 0 aliphatic carbocycles. The zero-order valence-corrected chi connectivity index (χ0v) is 19.8. The highest BCUT2D eigenvalue weighted by Crippen LogP contribution is 2.19. The van der Waals surface area contributed by atoms with Crippen molar-refractivity contribution in [2.75, 3.05) is 20.6 Å². The van der Waals surface area contributed by atoms with E-state index in [4.69, 9.17) is 0 Å². The third-order valence-electron chi connectivity index (χ3n) is 5.49. The number of hydrogen-bond acceptors (Lipinski definition) is 4. The molecule has 0 bridgehead atoms. The Morgan fingerprint density at radius 1 is 1.03 bits per heavy atom. The molecule has 1 N–H and O–H groups in total. The lowest BCUT2D eigenvalue weighted by molar-refractivity contribution is 0.0793. The highest BCUT2D eigenvalue weighted by molar-refractivity contribution is 7.89. The molecule has 3 rings (SSSR count). The molecule has 0 spiro atoms. The molecule has 170 valence electrons. The molecular formula is C24H30N4O3S. The molecule has 0 aliphatic rings. The Kier molecular flexibility index (Phi) is 7.48. The van der Waals surface area contributed by atoms with Crippen molar-refractivity contribution in [2.45, 2.75) is 37.6 Å². The number of H-pyrrole nitrogens is 1. The van der Waals surface area contributed by atoms with Crippen molar-refractivity contribution in [1.29, 1.82) is 0 Å². The molecule has 0 saturated heterocycles. The molecule has 0 atom stereocenters. The number of benzene rings is 2. The summed E-state index contributed by atoms with van der Waals surface area (Å²) >= 11 is 0. The monoisotopic (exact) mass is 454 g/mol. The molecule has 0 fully saturated rings. The number of nitrogens with one attached hydrogen (secondary N) is 1. The van der Waals surface area contributed by atoms with Gasteiger partial charge in [-0.3, -0.25) is 9.89 Å². The lowest BCUT2D eigenvalue weighted by atomic mass is 10.1. The third-order valence-corrected chi connectivity index (χ3v) is 7.54. The van der Waals surface area contributed by atoms with Crippen LogP contribution in [0.5, 0.6) is 0 Å². The van der Waals surface area contributed by atoms with E-state index >= 15 is 0 Å². The van der Waals surface area contributed by atoms with E-state index in [-0.39, 0.29) is 16.8 Å². The van der Waals surface area contributed by atoms with E-state index in [1.165, 1.54) is 16.4 Å². The molecule has 0 radical (unpaired) electrons. The second-order valence-corrected chi connectivity index (χ2v) is 10.1. The number of aromatic nitrogens is 2. The van der Waals surface area contributed by atoms with E-state index in [0.29, 0.717) is 12.1 Å². The van der Waals surface area contributed by atoms with Crippen LogP contribution >= 0.6 is 0 Å². The van der Waals surface area contributed by atoms with Crippen LogP contribution in [0.3, 0.4) is 0 Å². The molecule has 8 heteroatoms. The summed E-state index contributed by atoms with van der Waals surface area (Å²) < 4.78 is 26.5. The first-order chi connectivity index (χ1) is 15.2. The topological polar surface area (TPSA) is 86.4 Å². The van der Waals surface area contributed by atoms with Crippen LogP contribution in [0.15, 0.2) is 65.6 Å². The Labute approximate surface area is 190 Å². The normalized spacial score (nSPS) is 11.8. The molecule has 1 heterocycles. The van der Waals surface area contributed by atoms with Gasteiger partial charge in [0.15, 0.2) is 0 Å². The number of carbonyl (C=O) groups excluding carboxylic acids is 1. The van der Waals surface area contributed by atoms with Crippen LogP contribution in [-0.2, 0) is 16.4 Å². The van der Waals surface area contributed by atoms with E-state index in [9.17, 15) is 13.2 Å². The first-order valence-corrected chi connectivity index (χ1v) is 12.1. The summed E-state index contributed by atoms with van der Waals surface area (Å²) in [6.07, 6.45) is 1.56. The molecule has 0 aliphatic heterocycles. The molecule has 1 amide bonds. The van der Waals surface area contributed by atoms with Gasteiger partial charge in [-0.1, -0.05) is 30.3 Å². The van der Waals surface area contributed by atoms with Crippen molar-refractivity contribution in [1.82, 2.24) is 19.4 Å². The maximum atomic E-state index is 12.7. The largest absolute Gasteiger partial charge is 0.342 e. The minimum Gasteiger partial charge on any atom is -0.342 e. The van der Waals surface area contributed by atoms with E-state index in [2.05, 4.69) is 10.2 Å². The maximum absolute atomic E-state index is 12.7. The second-order valence-electron chi connectivity index (χ2n) is 8.11. The van der Waals surface area contributed by atoms with Gasteiger partial charge in [0, 0.05) is 43.5 Å². The van der Waals surface area contributed by atoms with E-state index in [1.54, 1.807) is 31.1 Å². The van der Waals surface area contributed by atoms with Crippen LogP contribution in [0, 0.1) is 0 Å². The summed E-state index contributed by atoms with van der Waals surface area (Å²) in [5.74, 6) is -0.138. The molecular weight excluding hydrogens is 424 g/mol. The highest BCUT2D eigenvalue weighted by Gasteiger charge is 2.23. The molecule has 7 nitrogen and oxygen atoms in total. The molecule has 1 aromatic heterocycles. The van der Waals surface area contributed by atoms with Gasteiger partial charge in [-0.05, 0) is 57.0 Å². The van der Waals surface area contributed by atoms with Crippen molar-refractivity contribution in [3.05, 3.63) is 71.9 Å². The van der Waals surface area contributed by atoms with E-state index in [0.717, 1.165) is 29.8 Å². The highest BCUT2D eigenvalue weighted by atomic mass is 32.2. The number of rotatable bonds is 9. The standard InChI is InChI=1S/C24H30N4O3S/c1-18(2)28(4)32(30,31)22-14-12-20(13-15-22)24(29)27(3)16-8-11-21-17-23(26-25-21)19-9-6-5-7-10-19/h5-7,9-10,12-15,17-18H,8,11,16H2,1-4H3,(H,25,26). The predicted molar refractivity (Wildman–Crippen MR) is 126 cm³/mol. The summed E-state index contributed by atoms with van der Waals surface area (Å²) in [4.78, 5) is 14.6. The second kappa shape index (κ2) is 10.1. The Morgan fingerprint density at radius 3 is 2.31 bits per heavy atom. The Hall–Kier alpha value is -2.97. The fourth-order valence-electron chi connectivity index (χ4n) is 3.29. The zero-order chi connectivity index (χ0) is 23.3. The van der Waals surface area contributed by atoms with Crippen LogP contribution in [0.1, 0.15) is 36.3 Å². The van der Waals surface area contributed by atoms with Gasteiger partial charge < -0.3 is 4.90 Å². The molecule has 3 aromatic rings. The Bertz CT molecular complexity index is 1140. The van der Waals surface area contributed by atoms with Crippen molar-refractivity contribution >= 4 is 15.9 Å². The predicted octanol–water partition coefficient (Wildman–Crippen LogP) is 3.81. The van der Waals surface area contributed by atoms with Gasteiger partial charge in [0.1, 0.15) is 0 Å². The number of hydrogen-bond donors (Lipinski definition) is 1. The minimum atomic E-state index is -3.56. The van der Waals surface area contributed by atoms with Crippen molar-refractivity contribution in [3.8, 4) is 11.3 Å². The summed E-state index contributed by atoms with van der Waals surface area (Å²) in [6, 6.07) is 18.0. The van der Waals surface area contributed by atoms with E-state index in [1.807, 2.05) is 50.2 Å².